The molecular weight excluding hydrogens is 732 g/mol. The number of imidazole rings is 2. The van der Waals surface area contributed by atoms with Crippen LogP contribution < -0.4 is 0 Å². The average Bonchev–Trinajstić information content (AvgIpc) is 3.92. The van der Waals surface area contributed by atoms with Crippen molar-refractivity contribution in [2.45, 2.75) is 41.0 Å². The molecule has 0 atom stereocenters. The summed E-state index contributed by atoms with van der Waals surface area (Å²) in [6.45, 7) is 4.79. The molecule has 6 aromatic heterocycles. The lowest BCUT2D eigenvalue weighted by atomic mass is 10.1. The number of halogens is 4. The first kappa shape index (κ1) is 36.0. The van der Waals surface area contributed by atoms with Crippen LogP contribution in [0.3, 0.4) is 0 Å². The number of aliphatic hydroxyl groups is 1. The molecule has 0 unspecified atom stereocenters. The lowest BCUT2D eigenvalue weighted by Crippen LogP contribution is -2.01. The van der Waals surface area contributed by atoms with Crippen molar-refractivity contribution in [3.8, 4) is 22.8 Å². The highest BCUT2D eigenvalue weighted by Crippen LogP contribution is 2.27. The van der Waals surface area contributed by atoms with E-state index in [1.165, 1.54) is 0 Å². The normalized spacial score (nSPS) is 11.1. The molecule has 12 nitrogen and oxygen atoms in total. The molecule has 0 saturated carbocycles. The van der Waals surface area contributed by atoms with Crippen molar-refractivity contribution in [3.63, 3.8) is 0 Å². The van der Waals surface area contributed by atoms with Gasteiger partial charge in [0.1, 0.15) is 28.4 Å². The number of hydrogen-bond donors (Lipinski definition) is 1. The van der Waals surface area contributed by atoms with Crippen LogP contribution in [0.15, 0.2) is 86.0 Å². The number of hydrogen-bond acceptors (Lipinski definition) is 8. The van der Waals surface area contributed by atoms with Crippen molar-refractivity contribution in [3.05, 3.63) is 134 Å². The average molecular weight is 764 g/mol. The van der Waals surface area contributed by atoms with Gasteiger partial charge in [-0.15, -0.1) is 10.2 Å². The van der Waals surface area contributed by atoms with Crippen LogP contribution in [0.25, 0.3) is 34.1 Å². The number of nitrogens with zero attached hydrogens (tertiary/aromatic N) is 11. The lowest BCUT2D eigenvalue weighted by Gasteiger charge is -2.06. The van der Waals surface area contributed by atoms with Gasteiger partial charge >= 0.3 is 0 Å². The smallest absolute Gasteiger partial charge is 0.156 e. The summed E-state index contributed by atoms with van der Waals surface area (Å²) in [4.78, 5) is 13.1. The summed E-state index contributed by atoms with van der Waals surface area (Å²) in [5.74, 6) is 0. The van der Waals surface area contributed by atoms with Gasteiger partial charge in [0.2, 0.25) is 0 Å². The largest absolute Gasteiger partial charge is 0.392 e. The first-order valence-electron chi connectivity index (χ1n) is 15.2. The fourth-order valence-corrected chi connectivity index (χ4v) is 6.21. The Kier molecular flexibility index (Phi) is 10.7. The zero-order valence-electron chi connectivity index (χ0n) is 26.6. The van der Waals surface area contributed by atoms with E-state index in [-0.39, 0.29) is 14.0 Å². The molecule has 0 bridgehead atoms. The molecular formula is C35H31Cl4N11O. The van der Waals surface area contributed by atoms with Crippen LogP contribution in [0, 0.1) is 13.8 Å². The van der Waals surface area contributed by atoms with Crippen LogP contribution in [0.5, 0.6) is 0 Å². The number of fused-ring (bicyclic) bond motifs is 2. The second kappa shape index (κ2) is 15.2. The zero-order valence-corrected chi connectivity index (χ0v) is 29.6. The predicted octanol–water partition coefficient (Wildman–Crippen LogP) is 8.04. The van der Waals surface area contributed by atoms with E-state index in [0.29, 0.717) is 50.3 Å². The van der Waals surface area contributed by atoms with Crippen LogP contribution in [0.4, 0.5) is 0 Å². The minimum Gasteiger partial charge on any atom is -0.392 e. The van der Waals surface area contributed by atoms with Crippen LogP contribution >= 0.6 is 46.4 Å². The molecule has 8 aromatic rings. The van der Waals surface area contributed by atoms with E-state index >= 15 is 0 Å². The molecule has 8 rings (SSSR count). The number of rotatable bonds is 7. The second-order valence-electron chi connectivity index (χ2n) is 11.5. The summed E-state index contributed by atoms with van der Waals surface area (Å²) in [5, 5.41) is 28.5. The number of aliphatic hydroxyl groups excluding tert-OH is 1. The molecule has 51 heavy (non-hydrogen) atoms. The quantitative estimate of drug-likeness (QED) is 0.173. The van der Waals surface area contributed by atoms with E-state index in [2.05, 4.69) is 35.6 Å². The minimum atomic E-state index is -0.0173. The van der Waals surface area contributed by atoms with E-state index in [1.807, 2.05) is 96.2 Å². The van der Waals surface area contributed by atoms with Crippen molar-refractivity contribution in [1.29, 1.82) is 0 Å². The van der Waals surface area contributed by atoms with Gasteiger partial charge < -0.3 is 13.9 Å². The van der Waals surface area contributed by atoms with Gasteiger partial charge in [-0.25, -0.2) is 19.3 Å². The van der Waals surface area contributed by atoms with E-state index in [9.17, 15) is 5.11 Å². The maximum absolute atomic E-state index is 9.24. The fourth-order valence-electron chi connectivity index (χ4n) is 5.15. The van der Waals surface area contributed by atoms with E-state index in [4.69, 9.17) is 46.4 Å². The SMILES string of the molecule is C.Cc1c(Cl)cc(Cn2cc(-c3cn4ccc(CO)cc4n3)nn2)cc1Cl.Cc1c(Cl)cc(Cn2cc(-c3cn4ccncc4n3)nn2)cc1Cl. The van der Waals surface area contributed by atoms with Crippen LogP contribution in [0.1, 0.15) is 35.2 Å². The standard InChI is InChI=1S/C18H15Cl2N5O.C16H12Cl2N6.CH4/c1-11-14(19)4-13(5-15(11)20)7-25-9-17(22-23-25)16-8-24-3-2-12(10-26)6-18(24)21-16;1-10-12(17)4-11(5-13(10)18)7-24-9-15(21-22-24)14-8-23-3-2-19-6-16(23)20-14;/h2-6,8-9,26H,7,10H2,1H3;2-6,8-9H,7H2,1H3;1H4. The third-order valence-corrected chi connectivity index (χ3v) is 9.51. The van der Waals surface area contributed by atoms with Gasteiger partial charge in [0.25, 0.3) is 0 Å². The van der Waals surface area contributed by atoms with Crippen molar-refractivity contribution < 1.29 is 5.11 Å². The Morgan fingerprint density at radius 3 is 1.59 bits per heavy atom. The van der Waals surface area contributed by atoms with E-state index in [1.54, 1.807) is 21.8 Å². The topological polar surface area (TPSA) is 129 Å². The Labute approximate surface area is 312 Å². The lowest BCUT2D eigenvalue weighted by molar-refractivity contribution is 0.282. The molecule has 0 saturated heterocycles. The maximum Gasteiger partial charge on any atom is 0.156 e. The van der Waals surface area contributed by atoms with Gasteiger partial charge in [0.15, 0.2) is 5.65 Å². The Morgan fingerprint density at radius 1 is 0.608 bits per heavy atom. The van der Waals surface area contributed by atoms with Crippen LogP contribution in [-0.2, 0) is 19.7 Å². The minimum absolute atomic E-state index is 0. The van der Waals surface area contributed by atoms with Gasteiger partial charge in [-0.1, -0.05) is 64.3 Å². The predicted molar refractivity (Wildman–Crippen MR) is 199 cm³/mol. The molecule has 1 N–H and O–H groups in total. The molecule has 2 aromatic carbocycles. The van der Waals surface area contributed by atoms with Gasteiger partial charge in [-0.2, -0.15) is 0 Å². The number of benzene rings is 2. The van der Waals surface area contributed by atoms with Crippen molar-refractivity contribution in [1.82, 2.24) is 53.7 Å². The molecule has 260 valence electrons. The summed E-state index contributed by atoms with van der Waals surface area (Å²) >= 11 is 24.8. The summed E-state index contributed by atoms with van der Waals surface area (Å²) in [6, 6.07) is 11.2. The molecule has 0 spiro atoms. The summed E-state index contributed by atoms with van der Waals surface area (Å²) < 4.78 is 7.22. The van der Waals surface area contributed by atoms with Gasteiger partial charge in [-0.05, 0) is 78.1 Å². The highest BCUT2D eigenvalue weighted by molar-refractivity contribution is 6.36. The summed E-state index contributed by atoms with van der Waals surface area (Å²) in [6.07, 6.45) is 14.6. The Morgan fingerprint density at radius 2 is 1.10 bits per heavy atom. The van der Waals surface area contributed by atoms with Crippen molar-refractivity contribution in [2.75, 3.05) is 0 Å². The molecule has 0 amide bonds. The monoisotopic (exact) mass is 761 g/mol. The first-order valence-corrected chi connectivity index (χ1v) is 16.7. The molecule has 0 aliphatic rings. The Bertz CT molecular complexity index is 2400. The van der Waals surface area contributed by atoms with Crippen molar-refractivity contribution >= 4 is 57.7 Å². The molecule has 0 radical (unpaired) electrons. The van der Waals surface area contributed by atoms with E-state index in [0.717, 1.165) is 44.8 Å². The molecule has 16 heteroatoms. The Hall–Kier alpha value is -4.85. The highest BCUT2D eigenvalue weighted by Gasteiger charge is 2.12. The third-order valence-electron chi connectivity index (χ3n) is 7.94. The van der Waals surface area contributed by atoms with Crippen LogP contribution in [0.2, 0.25) is 20.1 Å². The van der Waals surface area contributed by atoms with Gasteiger partial charge in [0, 0.05) is 51.1 Å². The molecule has 6 heterocycles. The fraction of sp³-hybridized carbons (Fsp3) is 0.171. The van der Waals surface area contributed by atoms with Crippen molar-refractivity contribution in [2.24, 2.45) is 0 Å². The van der Waals surface area contributed by atoms with E-state index < -0.39 is 0 Å². The zero-order chi connectivity index (χ0) is 34.9. The first-order chi connectivity index (χ1) is 24.1. The molecule has 0 aliphatic carbocycles. The van der Waals surface area contributed by atoms with Gasteiger partial charge in [0.05, 0.1) is 38.3 Å². The molecule has 0 aliphatic heterocycles. The third kappa shape index (κ3) is 7.90. The number of aromatic nitrogens is 11. The molecule has 0 fully saturated rings. The maximum atomic E-state index is 9.24. The highest BCUT2D eigenvalue weighted by atomic mass is 35.5. The Balaban J connectivity index is 0.000000173. The van der Waals surface area contributed by atoms with Crippen LogP contribution in [-0.4, -0.2) is 58.8 Å². The number of pyridine rings is 1. The second-order valence-corrected chi connectivity index (χ2v) is 13.2. The summed E-state index contributed by atoms with van der Waals surface area (Å²) in [5.41, 5.74) is 8.80. The summed E-state index contributed by atoms with van der Waals surface area (Å²) in [7, 11) is 0. The van der Waals surface area contributed by atoms with Gasteiger partial charge in [-0.3, -0.25) is 4.98 Å².